The third-order valence-electron chi connectivity index (χ3n) is 4.42. The Labute approximate surface area is 160 Å². The number of nitrogens with one attached hydrogen (secondary N) is 3. The van der Waals surface area contributed by atoms with Crippen LogP contribution in [0.1, 0.15) is 13.8 Å². The number of hydrogen-bond acceptors (Lipinski definition) is 5. The van der Waals surface area contributed by atoms with E-state index in [1.165, 1.54) is 10.9 Å². The third-order valence-corrected chi connectivity index (χ3v) is 5.49. The van der Waals surface area contributed by atoms with Crippen LogP contribution in [-0.4, -0.2) is 28.4 Å². The van der Waals surface area contributed by atoms with Crippen molar-refractivity contribution in [2.75, 3.05) is 11.9 Å². The predicted octanol–water partition coefficient (Wildman–Crippen LogP) is 3.11. The van der Waals surface area contributed by atoms with Crippen molar-refractivity contribution in [3.8, 4) is 5.69 Å². The van der Waals surface area contributed by atoms with Gasteiger partial charge >= 0.3 is 0 Å². The summed E-state index contributed by atoms with van der Waals surface area (Å²) in [5.41, 5.74) is 7.27. The van der Waals surface area contributed by atoms with Crippen LogP contribution in [0.3, 0.4) is 0 Å². The van der Waals surface area contributed by atoms with E-state index < -0.39 is 5.56 Å². The maximum atomic E-state index is 12.2. The number of rotatable bonds is 4. The number of hydrazine groups is 1. The van der Waals surface area contributed by atoms with Crippen molar-refractivity contribution in [3.05, 3.63) is 49.8 Å². The standard InChI is InChI=1S/C16H18Cl3N5O/c1-8-11(9(2)23-22-8)6-20-14-4-3-10(5-12(14)17)24-16(25)15(19)13(18)7-21-24/h3-5,7-9,11,20,22-23H,6H2,1-2H3. The van der Waals surface area contributed by atoms with E-state index in [1.54, 1.807) is 12.1 Å². The van der Waals surface area contributed by atoms with Gasteiger partial charge in [0.15, 0.2) is 0 Å². The number of anilines is 1. The van der Waals surface area contributed by atoms with Crippen molar-refractivity contribution in [3.63, 3.8) is 0 Å². The molecule has 0 amide bonds. The Balaban J connectivity index is 1.80. The molecule has 1 aromatic heterocycles. The highest BCUT2D eigenvalue weighted by atomic mass is 35.5. The minimum absolute atomic E-state index is 0.0702. The molecule has 3 rings (SSSR count). The van der Waals surface area contributed by atoms with Gasteiger partial charge in [-0.05, 0) is 32.0 Å². The fourth-order valence-corrected chi connectivity index (χ4v) is 3.36. The summed E-state index contributed by atoms with van der Waals surface area (Å²) < 4.78 is 1.17. The molecule has 0 spiro atoms. The normalized spacial score (nSPS) is 23.0. The van der Waals surface area contributed by atoms with E-state index in [2.05, 4.69) is 35.1 Å². The predicted molar refractivity (Wildman–Crippen MR) is 102 cm³/mol. The first-order chi connectivity index (χ1) is 11.9. The van der Waals surface area contributed by atoms with Crippen LogP contribution in [0.25, 0.3) is 5.69 Å². The lowest BCUT2D eigenvalue weighted by atomic mass is 9.96. The molecule has 1 aromatic carbocycles. The number of benzene rings is 1. The Morgan fingerprint density at radius 3 is 2.48 bits per heavy atom. The van der Waals surface area contributed by atoms with Crippen LogP contribution in [0.15, 0.2) is 29.2 Å². The molecule has 1 aliphatic heterocycles. The second-order valence-electron chi connectivity index (χ2n) is 6.10. The van der Waals surface area contributed by atoms with Crippen molar-refractivity contribution in [1.29, 1.82) is 0 Å². The molecule has 25 heavy (non-hydrogen) atoms. The number of aromatic nitrogens is 2. The lowest BCUT2D eigenvalue weighted by Crippen LogP contribution is -2.30. The largest absolute Gasteiger partial charge is 0.383 e. The Hall–Kier alpha value is -1.31. The van der Waals surface area contributed by atoms with Gasteiger partial charge in [-0.3, -0.25) is 15.6 Å². The van der Waals surface area contributed by atoms with Crippen molar-refractivity contribution < 1.29 is 0 Å². The number of nitrogens with zero attached hydrogens (tertiary/aromatic N) is 2. The van der Waals surface area contributed by atoms with Crippen LogP contribution in [0.2, 0.25) is 15.1 Å². The average molecular weight is 403 g/mol. The van der Waals surface area contributed by atoms with E-state index >= 15 is 0 Å². The van der Waals surface area contributed by atoms with Crippen molar-refractivity contribution in [1.82, 2.24) is 20.6 Å². The molecule has 1 fully saturated rings. The highest BCUT2D eigenvalue weighted by Gasteiger charge is 2.29. The molecule has 2 aromatic rings. The second-order valence-corrected chi connectivity index (χ2v) is 7.29. The van der Waals surface area contributed by atoms with E-state index in [0.717, 1.165) is 12.2 Å². The molecule has 9 heteroatoms. The maximum absolute atomic E-state index is 12.2. The van der Waals surface area contributed by atoms with Crippen molar-refractivity contribution in [2.24, 2.45) is 5.92 Å². The van der Waals surface area contributed by atoms with Crippen molar-refractivity contribution in [2.45, 2.75) is 25.9 Å². The summed E-state index contributed by atoms with van der Waals surface area (Å²) in [5.74, 6) is 0.426. The monoisotopic (exact) mass is 401 g/mol. The smallest absolute Gasteiger partial charge is 0.291 e. The highest BCUT2D eigenvalue weighted by molar-refractivity contribution is 6.41. The molecule has 0 aliphatic carbocycles. The molecule has 0 bridgehead atoms. The number of hydrogen-bond donors (Lipinski definition) is 3. The first-order valence-electron chi connectivity index (χ1n) is 7.86. The fraction of sp³-hybridized carbons (Fsp3) is 0.375. The van der Waals surface area contributed by atoms with Gasteiger partial charge < -0.3 is 5.32 Å². The lowest BCUT2D eigenvalue weighted by Gasteiger charge is -2.20. The molecular formula is C16H18Cl3N5O. The van der Waals surface area contributed by atoms with Gasteiger partial charge in [-0.25, -0.2) is 0 Å². The summed E-state index contributed by atoms with van der Waals surface area (Å²) in [7, 11) is 0. The lowest BCUT2D eigenvalue weighted by molar-refractivity contribution is 0.467. The molecule has 134 valence electrons. The minimum atomic E-state index is -0.489. The fourth-order valence-electron chi connectivity index (χ4n) is 2.87. The molecule has 2 unspecified atom stereocenters. The molecule has 2 atom stereocenters. The molecule has 1 saturated heterocycles. The molecular weight excluding hydrogens is 385 g/mol. The zero-order valence-corrected chi connectivity index (χ0v) is 16.0. The molecule has 2 heterocycles. The summed E-state index contributed by atoms with van der Waals surface area (Å²) in [6.07, 6.45) is 1.33. The van der Waals surface area contributed by atoms with E-state index in [4.69, 9.17) is 34.8 Å². The highest BCUT2D eigenvalue weighted by Crippen LogP contribution is 2.26. The first kappa shape index (κ1) is 18.5. The zero-order chi connectivity index (χ0) is 18.1. The van der Waals surface area contributed by atoms with Crippen LogP contribution in [0.5, 0.6) is 0 Å². The molecule has 1 aliphatic rings. The SMILES string of the molecule is CC1NNC(C)C1CNc1ccc(-n2ncc(Cl)c(Cl)c2=O)cc1Cl. The summed E-state index contributed by atoms with van der Waals surface area (Å²) in [6.45, 7) is 5.04. The van der Waals surface area contributed by atoms with Crippen LogP contribution in [0, 0.1) is 5.92 Å². The molecule has 3 N–H and O–H groups in total. The topological polar surface area (TPSA) is 71.0 Å². The summed E-state index contributed by atoms with van der Waals surface area (Å²) >= 11 is 18.1. The van der Waals surface area contributed by atoms with Gasteiger partial charge in [0, 0.05) is 24.5 Å². The molecule has 6 nitrogen and oxygen atoms in total. The zero-order valence-electron chi connectivity index (χ0n) is 13.7. The third kappa shape index (κ3) is 3.78. The summed E-state index contributed by atoms with van der Waals surface area (Å²) in [4.78, 5) is 12.2. The Morgan fingerprint density at radius 1 is 1.16 bits per heavy atom. The van der Waals surface area contributed by atoms with Crippen molar-refractivity contribution >= 4 is 40.5 Å². The van der Waals surface area contributed by atoms with Crippen LogP contribution < -0.4 is 21.7 Å². The quantitative estimate of drug-likeness (QED) is 0.733. The van der Waals surface area contributed by atoms with Crippen LogP contribution in [-0.2, 0) is 0 Å². The molecule has 0 saturated carbocycles. The Bertz CT molecular complexity index is 831. The molecule has 0 radical (unpaired) electrons. The first-order valence-corrected chi connectivity index (χ1v) is 9.00. The van der Waals surface area contributed by atoms with Gasteiger partial charge in [-0.2, -0.15) is 9.78 Å². The van der Waals surface area contributed by atoms with E-state index in [1.807, 2.05) is 6.07 Å². The minimum Gasteiger partial charge on any atom is -0.383 e. The Morgan fingerprint density at radius 2 is 1.84 bits per heavy atom. The van der Waals surface area contributed by atoms with E-state index in [0.29, 0.717) is 28.7 Å². The van der Waals surface area contributed by atoms with Gasteiger partial charge in [0.2, 0.25) is 0 Å². The second kappa shape index (κ2) is 7.51. The van der Waals surface area contributed by atoms with Gasteiger partial charge in [-0.1, -0.05) is 34.8 Å². The van der Waals surface area contributed by atoms with Gasteiger partial charge in [0.1, 0.15) is 5.02 Å². The summed E-state index contributed by atoms with van der Waals surface area (Å²) in [6, 6.07) is 5.96. The number of halogens is 3. The van der Waals surface area contributed by atoms with E-state index in [-0.39, 0.29) is 10.0 Å². The summed E-state index contributed by atoms with van der Waals surface area (Å²) in [5, 5.41) is 7.91. The van der Waals surface area contributed by atoms with Gasteiger partial charge in [0.25, 0.3) is 5.56 Å². The van der Waals surface area contributed by atoms with E-state index in [9.17, 15) is 4.79 Å². The van der Waals surface area contributed by atoms with Gasteiger partial charge in [0.05, 0.1) is 27.6 Å². The van der Waals surface area contributed by atoms with Crippen LogP contribution in [0.4, 0.5) is 5.69 Å². The average Bonchev–Trinajstić information content (AvgIpc) is 2.90. The Kier molecular flexibility index (Phi) is 5.55. The van der Waals surface area contributed by atoms with Crippen LogP contribution >= 0.6 is 34.8 Å². The van der Waals surface area contributed by atoms with Gasteiger partial charge in [-0.15, -0.1) is 0 Å². The maximum Gasteiger partial charge on any atom is 0.291 e.